The Balaban J connectivity index is 1.66. The lowest BCUT2D eigenvalue weighted by atomic mass is 10.2. The smallest absolute Gasteiger partial charge is 0.302 e. The lowest BCUT2D eigenvalue weighted by Crippen LogP contribution is -1.99. The number of hydrogen-bond acceptors (Lipinski definition) is 4. The van der Waals surface area contributed by atoms with Crippen molar-refractivity contribution in [2.24, 2.45) is 4.99 Å². The van der Waals surface area contributed by atoms with Gasteiger partial charge in [0.2, 0.25) is 0 Å². The van der Waals surface area contributed by atoms with E-state index in [1.54, 1.807) is 17.0 Å². The summed E-state index contributed by atoms with van der Waals surface area (Å²) in [5.74, 6) is 1.75. The molecule has 0 fully saturated rings. The summed E-state index contributed by atoms with van der Waals surface area (Å²) in [6.07, 6.45) is 3.28. The summed E-state index contributed by atoms with van der Waals surface area (Å²) in [4.78, 5) is 9.07. The number of aryl methyl sites for hydroxylation is 1. The third kappa shape index (κ3) is 3.62. The van der Waals surface area contributed by atoms with Crippen LogP contribution in [0.1, 0.15) is 18.2 Å². The molecule has 0 aliphatic heterocycles. The zero-order chi connectivity index (χ0) is 21.1. The minimum absolute atomic E-state index is 0.323. The van der Waals surface area contributed by atoms with Gasteiger partial charge in [0.15, 0.2) is 5.82 Å². The Morgan fingerprint density at radius 1 is 1.17 bits per heavy atom. The molecule has 0 unspecified atom stereocenters. The first-order valence-corrected chi connectivity index (χ1v) is 10.2. The highest BCUT2D eigenvalue weighted by Gasteiger charge is 2.15. The lowest BCUT2D eigenvalue weighted by Gasteiger charge is -2.09. The Bertz CT molecular complexity index is 1220. The molecule has 0 spiro atoms. The molecule has 7 heteroatoms. The molecule has 30 heavy (non-hydrogen) atoms. The first-order valence-electron chi connectivity index (χ1n) is 9.69. The van der Waals surface area contributed by atoms with Crippen LogP contribution in [0.3, 0.4) is 0 Å². The zero-order valence-electron chi connectivity index (χ0n) is 16.9. The molecule has 0 N–H and O–H groups in total. The summed E-state index contributed by atoms with van der Waals surface area (Å²) in [5.41, 5.74) is 4.57. The van der Waals surface area contributed by atoms with Crippen LogP contribution in [0.25, 0.3) is 16.7 Å². The van der Waals surface area contributed by atoms with Crippen LogP contribution in [0, 0.1) is 6.92 Å². The van der Waals surface area contributed by atoms with E-state index in [9.17, 15) is 0 Å². The maximum Gasteiger partial charge on any atom is 0.302 e. The van der Waals surface area contributed by atoms with Crippen LogP contribution in [0.2, 0.25) is 0 Å². The fourth-order valence-corrected chi connectivity index (χ4v) is 3.56. The molecule has 4 aromatic rings. The molecule has 0 aliphatic rings. The summed E-state index contributed by atoms with van der Waals surface area (Å²) < 4.78 is 9.91. The van der Waals surface area contributed by atoms with E-state index in [4.69, 9.17) is 16.3 Å². The number of ether oxygens (including phenoxy) is 1. The van der Waals surface area contributed by atoms with Gasteiger partial charge in [0.1, 0.15) is 5.75 Å². The average Bonchev–Trinajstić information content (AvgIpc) is 3.29. The van der Waals surface area contributed by atoms with Gasteiger partial charge < -0.3 is 4.74 Å². The van der Waals surface area contributed by atoms with E-state index in [1.807, 2.05) is 55.5 Å². The number of rotatable bonds is 7. The highest BCUT2D eigenvalue weighted by atomic mass is 35.5. The SMILES string of the molecule is C=C/C=N\c1c(C)c(CCl)nn1-c1ccc(Oc2nc3ccccc3n2CC)cc1. The molecule has 0 saturated carbocycles. The Morgan fingerprint density at radius 3 is 2.63 bits per heavy atom. The molecule has 6 nitrogen and oxygen atoms in total. The first kappa shape index (κ1) is 19.9. The van der Waals surface area contributed by atoms with Crippen LogP contribution in [0.4, 0.5) is 5.82 Å². The highest BCUT2D eigenvalue weighted by molar-refractivity contribution is 6.17. The van der Waals surface area contributed by atoms with E-state index >= 15 is 0 Å². The van der Waals surface area contributed by atoms with Crippen LogP contribution in [0.5, 0.6) is 11.8 Å². The van der Waals surface area contributed by atoms with Crippen molar-refractivity contribution >= 4 is 34.7 Å². The van der Waals surface area contributed by atoms with E-state index in [0.29, 0.717) is 17.6 Å². The number of aromatic nitrogens is 4. The van der Waals surface area contributed by atoms with Crippen molar-refractivity contribution in [1.29, 1.82) is 0 Å². The number of aliphatic imine (C=N–C) groups is 1. The lowest BCUT2D eigenvalue weighted by molar-refractivity contribution is 0.419. The second kappa shape index (κ2) is 8.55. The molecule has 2 aromatic carbocycles. The maximum absolute atomic E-state index is 6.08. The van der Waals surface area contributed by atoms with Gasteiger partial charge in [0.05, 0.1) is 28.3 Å². The van der Waals surface area contributed by atoms with Gasteiger partial charge >= 0.3 is 6.01 Å². The highest BCUT2D eigenvalue weighted by Crippen LogP contribution is 2.29. The molecular formula is C23H22ClN5O. The molecule has 0 amide bonds. The van der Waals surface area contributed by atoms with Crippen molar-refractivity contribution in [2.45, 2.75) is 26.3 Å². The Kier molecular flexibility index (Phi) is 5.68. The number of benzene rings is 2. The van der Waals surface area contributed by atoms with E-state index in [1.165, 1.54) is 0 Å². The fraction of sp³-hybridized carbons (Fsp3) is 0.174. The molecule has 0 radical (unpaired) electrons. The second-order valence-corrected chi connectivity index (χ2v) is 6.95. The Labute approximate surface area is 180 Å². The van der Waals surface area contributed by atoms with Crippen molar-refractivity contribution in [3.8, 4) is 17.4 Å². The maximum atomic E-state index is 6.08. The van der Waals surface area contributed by atoms with Gasteiger partial charge in [-0.25, -0.2) is 9.67 Å². The van der Waals surface area contributed by atoms with Gasteiger partial charge in [-0.15, -0.1) is 11.6 Å². The van der Waals surface area contributed by atoms with Crippen molar-refractivity contribution < 1.29 is 4.74 Å². The van der Waals surface area contributed by atoms with Gasteiger partial charge in [-0.2, -0.15) is 10.1 Å². The zero-order valence-corrected chi connectivity index (χ0v) is 17.7. The monoisotopic (exact) mass is 419 g/mol. The van der Waals surface area contributed by atoms with Crippen LogP contribution in [0.15, 0.2) is 66.2 Å². The Hall–Kier alpha value is -3.38. The molecule has 0 saturated heterocycles. The molecule has 4 rings (SSSR count). The van der Waals surface area contributed by atoms with E-state index in [-0.39, 0.29) is 0 Å². The summed E-state index contributed by atoms with van der Waals surface area (Å²) in [7, 11) is 0. The number of fused-ring (bicyclic) bond motifs is 1. The standard InChI is InChI=1S/C23H22ClN5O/c1-4-14-25-22-16(3)20(15-24)27-29(22)17-10-12-18(13-11-17)30-23-26-19-8-6-7-9-21(19)28(23)5-2/h4,6-14H,1,5,15H2,2-3H3/b25-14-. The first-order chi connectivity index (χ1) is 14.7. The number of halogens is 1. The largest absolute Gasteiger partial charge is 0.425 e. The van der Waals surface area contributed by atoms with Gasteiger partial charge in [-0.3, -0.25) is 4.57 Å². The number of alkyl halides is 1. The van der Waals surface area contributed by atoms with Crippen molar-refractivity contribution in [1.82, 2.24) is 19.3 Å². The van der Waals surface area contributed by atoms with Crippen molar-refractivity contribution in [2.75, 3.05) is 0 Å². The third-order valence-corrected chi connectivity index (χ3v) is 5.10. The second-order valence-electron chi connectivity index (χ2n) is 6.68. The van der Waals surface area contributed by atoms with Crippen LogP contribution >= 0.6 is 11.6 Å². The van der Waals surface area contributed by atoms with E-state index < -0.39 is 0 Å². The molecule has 0 atom stereocenters. The molecule has 2 aromatic heterocycles. The summed E-state index contributed by atoms with van der Waals surface area (Å²) >= 11 is 6.04. The van der Waals surface area contributed by atoms with Gasteiger partial charge in [0.25, 0.3) is 0 Å². The van der Waals surface area contributed by atoms with Crippen LogP contribution < -0.4 is 4.74 Å². The summed E-state index contributed by atoms with van der Waals surface area (Å²) in [6.45, 7) is 8.49. The van der Waals surface area contributed by atoms with Gasteiger partial charge in [-0.1, -0.05) is 24.8 Å². The predicted octanol–water partition coefficient (Wildman–Crippen LogP) is 5.97. The van der Waals surface area contributed by atoms with Gasteiger partial charge in [0, 0.05) is 18.3 Å². The van der Waals surface area contributed by atoms with E-state index in [2.05, 4.69) is 33.1 Å². The molecule has 0 aliphatic carbocycles. The van der Waals surface area contributed by atoms with Crippen molar-refractivity contribution in [3.05, 3.63) is 72.4 Å². The summed E-state index contributed by atoms with van der Waals surface area (Å²) in [5, 5.41) is 4.60. The quantitative estimate of drug-likeness (QED) is 0.274. The van der Waals surface area contributed by atoms with Crippen LogP contribution in [-0.2, 0) is 12.4 Å². The number of imidazole rings is 1. The minimum atomic E-state index is 0.323. The topological polar surface area (TPSA) is 57.2 Å². The molecule has 2 heterocycles. The van der Waals surface area contributed by atoms with E-state index in [0.717, 1.165) is 40.3 Å². The van der Waals surface area contributed by atoms with Gasteiger partial charge in [-0.05, 0) is 50.2 Å². The number of para-hydroxylation sites is 2. The molecule has 152 valence electrons. The van der Waals surface area contributed by atoms with Crippen LogP contribution in [-0.4, -0.2) is 25.5 Å². The normalized spacial score (nSPS) is 11.4. The number of nitrogens with zero attached hydrogens (tertiary/aromatic N) is 5. The summed E-state index contributed by atoms with van der Waals surface area (Å²) in [6, 6.07) is 16.2. The molecular weight excluding hydrogens is 398 g/mol. The average molecular weight is 420 g/mol. The minimum Gasteiger partial charge on any atom is -0.425 e. The third-order valence-electron chi connectivity index (χ3n) is 4.84. The fourth-order valence-electron chi connectivity index (χ4n) is 3.31. The number of allylic oxidation sites excluding steroid dienone is 1. The Morgan fingerprint density at radius 2 is 1.93 bits per heavy atom. The number of hydrogen-bond donors (Lipinski definition) is 0. The predicted molar refractivity (Wildman–Crippen MR) is 122 cm³/mol. The molecule has 0 bridgehead atoms. The van der Waals surface area contributed by atoms with Crippen molar-refractivity contribution in [3.63, 3.8) is 0 Å².